The van der Waals surface area contributed by atoms with E-state index >= 15 is 0 Å². The third kappa shape index (κ3) is 3.35. The highest BCUT2D eigenvalue weighted by atomic mass is 32.2. The second kappa shape index (κ2) is 6.33. The third-order valence-corrected chi connectivity index (χ3v) is 3.74. The molecule has 0 N–H and O–H groups in total. The predicted molar refractivity (Wildman–Crippen MR) is 84.1 cm³/mol. The number of aromatic nitrogens is 2. The van der Waals surface area contributed by atoms with Crippen molar-refractivity contribution >= 4 is 16.9 Å². The van der Waals surface area contributed by atoms with Crippen LogP contribution in [0.15, 0.2) is 78.2 Å². The molecule has 0 unspecified atom stereocenters. The minimum Gasteiger partial charge on any atom is -0.281 e. The van der Waals surface area contributed by atoms with Crippen LogP contribution in [0, 0.1) is 0 Å². The number of hydrogen-bond donors (Lipinski definition) is 0. The molecule has 3 rings (SSSR count). The average molecular weight is 292 g/mol. The lowest BCUT2D eigenvalue weighted by molar-refractivity contribution is 0.108. The van der Waals surface area contributed by atoms with Crippen molar-refractivity contribution in [3.8, 4) is 11.1 Å². The molecule has 0 spiro atoms. The number of benzene rings is 2. The molecule has 0 amide bonds. The van der Waals surface area contributed by atoms with Gasteiger partial charge in [-0.25, -0.2) is 9.97 Å². The number of nitrogens with zero attached hydrogens (tertiary/aromatic N) is 2. The molecule has 0 aliphatic heterocycles. The summed E-state index contributed by atoms with van der Waals surface area (Å²) in [6.45, 7) is 0. The summed E-state index contributed by atoms with van der Waals surface area (Å²) in [5.41, 5.74) is 2.65. The summed E-state index contributed by atoms with van der Waals surface area (Å²) in [5.74, 6) is 0. The SMILES string of the molecule is O=C(Sc1ncc(-c2ccccc2)cn1)c1ccccc1. The summed E-state index contributed by atoms with van der Waals surface area (Å²) in [6, 6.07) is 19.0. The Kier molecular flexibility index (Phi) is 4.07. The van der Waals surface area contributed by atoms with Gasteiger partial charge in [0.15, 0.2) is 5.16 Å². The third-order valence-electron chi connectivity index (χ3n) is 2.93. The summed E-state index contributed by atoms with van der Waals surface area (Å²) in [5, 5.41) is 0.409. The molecule has 0 saturated carbocycles. The first kappa shape index (κ1) is 13.5. The second-order valence-electron chi connectivity index (χ2n) is 4.38. The van der Waals surface area contributed by atoms with E-state index in [1.165, 1.54) is 0 Å². The molecular formula is C17H12N2OS. The number of hydrogen-bond acceptors (Lipinski definition) is 4. The van der Waals surface area contributed by atoms with E-state index in [0.29, 0.717) is 10.7 Å². The van der Waals surface area contributed by atoms with Crippen LogP contribution in [0.5, 0.6) is 0 Å². The highest BCUT2D eigenvalue weighted by Crippen LogP contribution is 2.22. The van der Waals surface area contributed by atoms with Crippen LogP contribution in [0.2, 0.25) is 0 Å². The van der Waals surface area contributed by atoms with Gasteiger partial charge in [0, 0.05) is 23.5 Å². The van der Waals surface area contributed by atoms with Crippen LogP contribution in [0.3, 0.4) is 0 Å². The fourth-order valence-electron chi connectivity index (χ4n) is 1.86. The number of thioether (sulfide) groups is 1. The van der Waals surface area contributed by atoms with Crippen LogP contribution >= 0.6 is 11.8 Å². The second-order valence-corrected chi connectivity index (χ2v) is 5.32. The summed E-state index contributed by atoms with van der Waals surface area (Å²) in [6.07, 6.45) is 3.48. The van der Waals surface area contributed by atoms with Crippen molar-refractivity contribution in [1.82, 2.24) is 9.97 Å². The van der Waals surface area contributed by atoms with E-state index in [1.54, 1.807) is 24.5 Å². The molecular weight excluding hydrogens is 280 g/mol. The summed E-state index contributed by atoms with van der Waals surface area (Å²) in [4.78, 5) is 20.6. The minimum absolute atomic E-state index is 0.0527. The van der Waals surface area contributed by atoms with Gasteiger partial charge in [-0.2, -0.15) is 0 Å². The van der Waals surface area contributed by atoms with Gasteiger partial charge in [-0.3, -0.25) is 4.79 Å². The van der Waals surface area contributed by atoms with Crippen molar-refractivity contribution in [2.75, 3.05) is 0 Å². The van der Waals surface area contributed by atoms with Gasteiger partial charge in [0.2, 0.25) is 5.12 Å². The fraction of sp³-hybridized carbons (Fsp3) is 0. The molecule has 0 saturated heterocycles. The Morgan fingerprint density at radius 2 is 1.33 bits per heavy atom. The number of rotatable bonds is 3. The van der Waals surface area contributed by atoms with Crippen molar-refractivity contribution in [3.05, 3.63) is 78.6 Å². The molecule has 0 atom stereocenters. The maximum Gasteiger partial charge on any atom is 0.227 e. The largest absolute Gasteiger partial charge is 0.281 e. The maximum atomic E-state index is 12.1. The van der Waals surface area contributed by atoms with Crippen molar-refractivity contribution in [1.29, 1.82) is 0 Å². The van der Waals surface area contributed by atoms with Crippen LogP contribution in [0.25, 0.3) is 11.1 Å². The van der Waals surface area contributed by atoms with Crippen molar-refractivity contribution in [2.24, 2.45) is 0 Å². The number of carbonyl (C=O) groups excluding carboxylic acids is 1. The molecule has 21 heavy (non-hydrogen) atoms. The molecule has 4 heteroatoms. The topological polar surface area (TPSA) is 42.9 Å². The molecule has 3 aromatic rings. The van der Waals surface area contributed by atoms with E-state index < -0.39 is 0 Å². The van der Waals surface area contributed by atoms with Crippen LogP contribution in [0.1, 0.15) is 10.4 Å². The molecule has 3 nitrogen and oxygen atoms in total. The van der Waals surface area contributed by atoms with Crippen LogP contribution in [-0.4, -0.2) is 15.1 Å². The first-order valence-corrected chi connectivity index (χ1v) is 7.29. The predicted octanol–water partition coefficient (Wildman–Crippen LogP) is 4.08. The molecule has 0 fully saturated rings. The Bertz CT molecular complexity index is 728. The van der Waals surface area contributed by atoms with Gasteiger partial charge >= 0.3 is 0 Å². The van der Waals surface area contributed by atoms with Gasteiger partial charge in [0.1, 0.15) is 0 Å². The van der Waals surface area contributed by atoms with Crippen LogP contribution in [0.4, 0.5) is 0 Å². The Labute approximate surface area is 127 Å². The molecule has 102 valence electrons. The van der Waals surface area contributed by atoms with Crippen LogP contribution < -0.4 is 0 Å². The van der Waals surface area contributed by atoms with Crippen LogP contribution in [-0.2, 0) is 0 Å². The Hall–Kier alpha value is -2.46. The summed E-state index contributed by atoms with van der Waals surface area (Å²) < 4.78 is 0. The average Bonchev–Trinajstić information content (AvgIpc) is 2.57. The normalized spacial score (nSPS) is 10.3. The van der Waals surface area contributed by atoms with Gasteiger partial charge in [0.25, 0.3) is 0 Å². The van der Waals surface area contributed by atoms with Crippen molar-refractivity contribution in [3.63, 3.8) is 0 Å². The van der Waals surface area contributed by atoms with Gasteiger partial charge in [-0.15, -0.1) is 0 Å². The van der Waals surface area contributed by atoms with Crippen molar-refractivity contribution < 1.29 is 4.79 Å². The summed E-state index contributed by atoms with van der Waals surface area (Å²) in [7, 11) is 0. The summed E-state index contributed by atoms with van der Waals surface area (Å²) >= 11 is 1.04. The lowest BCUT2D eigenvalue weighted by atomic mass is 10.1. The van der Waals surface area contributed by atoms with E-state index in [1.807, 2.05) is 48.5 Å². The zero-order valence-corrected chi connectivity index (χ0v) is 12.0. The fourth-order valence-corrected chi connectivity index (χ4v) is 2.50. The Morgan fingerprint density at radius 3 is 1.95 bits per heavy atom. The zero-order valence-electron chi connectivity index (χ0n) is 11.1. The van der Waals surface area contributed by atoms with Crippen molar-refractivity contribution in [2.45, 2.75) is 5.16 Å². The zero-order chi connectivity index (χ0) is 14.5. The molecule has 0 bridgehead atoms. The Balaban J connectivity index is 1.75. The van der Waals surface area contributed by atoms with E-state index in [4.69, 9.17) is 0 Å². The lowest BCUT2D eigenvalue weighted by Gasteiger charge is -2.02. The smallest absolute Gasteiger partial charge is 0.227 e. The van der Waals surface area contributed by atoms with Gasteiger partial charge in [0.05, 0.1) is 0 Å². The quantitative estimate of drug-likeness (QED) is 0.539. The van der Waals surface area contributed by atoms with Gasteiger partial charge in [-0.1, -0.05) is 60.7 Å². The highest BCUT2D eigenvalue weighted by Gasteiger charge is 2.09. The minimum atomic E-state index is -0.0527. The monoisotopic (exact) mass is 292 g/mol. The van der Waals surface area contributed by atoms with E-state index in [2.05, 4.69) is 9.97 Å². The highest BCUT2D eigenvalue weighted by molar-refractivity contribution is 8.14. The lowest BCUT2D eigenvalue weighted by Crippen LogP contribution is -1.95. The molecule has 1 aromatic heterocycles. The van der Waals surface area contributed by atoms with E-state index in [-0.39, 0.29) is 5.12 Å². The van der Waals surface area contributed by atoms with Gasteiger partial charge < -0.3 is 0 Å². The molecule has 0 radical (unpaired) electrons. The standard InChI is InChI=1S/C17H12N2OS/c20-16(14-9-5-2-6-10-14)21-17-18-11-15(12-19-17)13-7-3-1-4-8-13/h1-12H. The molecule has 1 heterocycles. The first-order valence-electron chi connectivity index (χ1n) is 6.47. The first-order chi connectivity index (χ1) is 10.3. The van der Waals surface area contributed by atoms with E-state index in [0.717, 1.165) is 22.9 Å². The van der Waals surface area contributed by atoms with Gasteiger partial charge in [-0.05, 0) is 17.3 Å². The maximum absolute atomic E-state index is 12.1. The Morgan fingerprint density at radius 1 is 0.762 bits per heavy atom. The molecule has 0 aliphatic carbocycles. The number of carbonyl (C=O) groups is 1. The molecule has 2 aromatic carbocycles. The molecule has 0 aliphatic rings. The van der Waals surface area contributed by atoms with E-state index in [9.17, 15) is 4.79 Å².